The molecule has 0 saturated carbocycles. The second-order valence-corrected chi connectivity index (χ2v) is 12.7. The van der Waals surface area contributed by atoms with Crippen LogP contribution in [0.3, 0.4) is 0 Å². The molecule has 1 rings (SSSR count). The lowest BCUT2D eigenvalue weighted by Crippen LogP contribution is -2.37. The highest BCUT2D eigenvalue weighted by atomic mass is 15.1. The molecule has 1 aromatic heterocycles. The summed E-state index contributed by atoms with van der Waals surface area (Å²) in [5.41, 5.74) is 0. The number of unbranched alkanes of at least 4 members (excludes halogenated alkanes) is 25. The van der Waals surface area contributed by atoms with Crippen molar-refractivity contribution >= 4 is 0 Å². The van der Waals surface area contributed by atoms with E-state index in [4.69, 9.17) is 0 Å². The Morgan fingerprint density at radius 3 is 1.21 bits per heavy atom. The van der Waals surface area contributed by atoms with Crippen molar-refractivity contribution < 1.29 is 4.57 Å². The van der Waals surface area contributed by atoms with E-state index in [0.717, 1.165) is 0 Å². The van der Waals surface area contributed by atoms with Crippen molar-refractivity contribution in [2.75, 3.05) is 0 Å². The van der Waals surface area contributed by atoms with E-state index in [1.54, 1.807) is 5.82 Å². The minimum Gasteiger partial charge on any atom is -0.234 e. The molecule has 2 heteroatoms. The summed E-state index contributed by atoms with van der Waals surface area (Å²) in [5.74, 6) is 1.60. The number of aromatic nitrogens is 2. The Kier molecular flexibility index (Phi) is 26.7. The Morgan fingerprint density at radius 1 is 0.436 bits per heavy atom. The van der Waals surface area contributed by atoms with Crippen molar-refractivity contribution in [3.05, 3.63) is 18.2 Å². The third-order valence-corrected chi connectivity index (χ3v) is 8.85. The Bertz CT molecular complexity index is 605. The van der Waals surface area contributed by atoms with E-state index in [2.05, 4.69) is 42.3 Å². The molecule has 0 unspecified atom stereocenters. The average Bonchev–Trinajstić information content (AvgIpc) is 3.33. The standard InChI is InChI=1S/C37H73N2/c1-4-7-10-12-14-16-17-18-19-20-21-22-23-25-27-29-31-34-39-36-35-38(33-9-6-3)37(39)32-30-28-26-24-15-13-11-8-5-2/h35-36H,4-34H2,1-3H3/q+1. The van der Waals surface area contributed by atoms with Gasteiger partial charge in [-0.1, -0.05) is 175 Å². The third-order valence-electron chi connectivity index (χ3n) is 8.85. The summed E-state index contributed by atoms with van der Waals surface area (Å²) in [5, 5.41) is 0. The molecule has 0 aliphatic heterocycles. The van der Waals surface area contributed by atoms with Gasteiger partial charge in [0.25, 0.3) is 5.82 Å². The van der Waals surface area contributed by atoms with Crippen molar-refractivity contribution in [2.24, 2.45) is 0 Å². The Hall–Kier alpha value is -0.790. The predicted molar refractivity (Wildman–Crippen MR) is 175 cm³/mol. The molecule has 1 aromatic rings. The van der Waals surface area contributed by atoms with Gasteiger partial charge in [-0.3, -0.25) is 0 Å². The zero-order valence-corrected chi connectivity index (χ0v) is 27.5. The van der Waals surface area contributed by atoms with Gasteiger partial charge < -0.3 is 0 Å². The number of aryl methyl sites for hydroxylation is 2. The Balaban J connectivity index is 2.07. The van der Waals surface area contributed by atoms with Gasteiger partial charge in [0.15, 0.2) is 0 Å². The molecule has 0 saturated heterocycles. The van der Waals surface area contributed by atoms with Crippen LogP contribution in [0.2, 0.25) is 0 Å². The Morgan fingerprint density at radius 2 is 0.795 bits per heavy atom. The van der Waals surface area contributed by atoms with Crippen molar-refractivity contribution in [2.45, 2.75) is 220 Å². The first-order chi connectivity index (χ1) is 19.3. The van der Waals surface area contributed by atoms with Crippen LogP contribution in [0.15, 0.2) is 12.4 Å². The minimum atomic E-state index is 1.20. The van der Waals surface area contributed by atoms with Crippen LogP contribution in [0.1, 0.15) is 206 Å². The first kappa shape index (κ1) is 36.2. The molecule has 0 aliphatic rings. The van der Waals surface area contributed by atoms with E-state index < -0.39 is 0 Å². The maximum Gasteiger partial charge on any atom is 0.256 e. The van der Waals surface area contributed by atoms with Crippen LogP contribution in [0.4, 0.5) is 0 Å². The molecule has 0 atom stereocenters. The molecule has 39 heavy (non-hydrogen) atoms. The van der Waals surface area contributed by atoms with Gasteiger partial charge in [-0.25, -0.2) is 9.13 Å². The lowest BCUT2D eigenvalue weighted by atomic mass is 10.0. The van der Waals surface area contributed by atoms with Gasteiger partial charge in [0.2, 0.25) is 0 Å². The number of rotatable bonds is 31. The highest BCUT2D eigenvalue weighted by Crippen LogP contribution is 2.15. The largest absolute Gasteiger partial charge is 0.256 e. The fraction of sp³-hybridized carbons (Fsp3) is 0.919. The van der Waals surface area contributed by atoms with E-state index in [1.807, 2.05) is 0 Å². The molecule has 230 valence electrons. The van der Waals surface area contributed by atoms with Crippen LogP contribution in [-0.4, -0.2) is 4.57 Å². The van der Waals surface area contributed by atoms with Crippen LogP contribution >= 0.6 is 0 Å². The topological polar surface area (TPSA) is 8.81 Å². The number of hydrogen-bond donors (Lipinski definition) is 0. The average molecular weight is 546 g/mol. The molecule has 0 aliphatic carbocycles. The molecule has 0 bridgehead atoms. The summed E-state index contributed by atoms with van der Waals surface area (Å²) < 4.78 is 5.17. The van der Waals surface area contributed by atoms with Crippen LogP contribution in [-0.2, 0) is 19.5 Å². The quantitative estimate of drug-likeness (QED) is 0.0648. The summed E-state index contributed by atoms with van der Waals surface area (Å²) >= 11 is 0. The first-order valence-corrected chi connectivity index (χ1v) is 18.4. The van der Waals surface area contributed by atoms with E-state index in [0.29, 0.717) is 0 Å². The van der Waals surface area contributed by atoms with Crippen molar-refractivity contribution in [1.29, 1.82) is 0 Å². The predicted octanol–water partition coefficient (Wildman–Crippen LogP) is 12.3. The van der Waals surface area contributed by atoms with Crippen molar-refractivity contribution in [3.63, 3.8) is 0 Å². The number of nitrogens with zero attached hydrogens (tertiary/aromatic N) is 2. The lowest BCUT2D eigenvalue weighted by Gasteiger charge is -2.07. The highest BCUT2D eigenvalue weighted by molar-refractivity contribution is 4.84. The summed E-state index contributed by atoms with van der Waals surface area (Å²) in [7, 11) is 0. The van der Waals surface area contributed by atoms with Crippen LogP contribution in [0.25, 0.3) is 0 Å². The van der Waals surface area contributed by atoms with E-state index >= 15 is 0 Å². The van der Waals surface area contributed by atoms with Crippen molar-refractivity contribution in [3.8, 4) is 0 Å². The Labute approximate surface area is 247 Å². The smallest absolute Gasteiger partial charge is 0.234 e. The highest BCUT2D eigenvalue weighted by Gasteiger charge is 2.16. The molecule has 0 radical (unpaired) electrons. The molecule has 2 nitrogen and oxygen atoms in total. The molecule has 0 fully saturated rings. The SMILES string of the molecule is CCCCCCCCCCCCCCCCCCC[n+]1ccn(CCCC)c1CCCCCCCCCCC. The summed E-state index contributed by atoms with van der Waals surface area (Å²) in [6, 6.07) is 0. The normalized spacial score (nSPS) is 11.6. The first-order valence-electron chi connectivity index (χ1n) is 18.4. The van der Waals surface area contributed by atoms with Gasteiger partial charge in [-0.05, 0) is 25.7 Å². The summed E-state index contributed by atoms with van der Waals surface area (Å²) in [6.07, 6.45) is 46.0. The molecule has 0 N–H and O–H groups in total. The van der Waals surface area contributed by atoms with Crippen LogP contribution < -0.4 is 4.57 Å². The fourth-order valence-corrected chi connectivity index (χ4v) is 6.12. The zero-order valence-electron chi connectivity index (χ0n) is 27.5. The van der Waals surface area contributed by atoms with E-state index in [-0.39, 0.29) is 0 Å². The second kappa shape index (κ2) is 28.7. The minimum absolute atomic E-state index is 1.20. The van der Waals surface area contributed by atoms with Gasteiger partial charge in [-0.2, -0.15) is 0 Å². The fourth-order valence-electron chi connectivity index (χ4n) is 6.12. The van der Waals surface area contributed by atoms with Gasteiger partial charge in [-0.15, -0.1) is 0 Å². The molecular formula is C37H73N2+. The maximum absolute atomic E-state index is 2.60. The van der Waals surface area contributed by atoms with Gasteiger partial charge in [0.05, 0.1) is 13.1 Å². The molecule has 1 heterocycles. The molecule has 0 amide bonds. The molecule has 0 aromatic carbocycles. The monoisotopic (exact) mass is 546 g/mol. The number of imidazole rings is 1. The van der Waals surface area contributed by atoms with Gasteiger partial charge in [0.1, 0.15) is 12.4 Å². The second-order valence-electron chi connectivity index (χ2n) is 12.7. The molecular weight excluding hydrogens is 472 g/mol. The zero-order chi connectivity index (χ0) is 28.1. The summed E-state index contributed by atoms with van der Waals surface area (Å²) in [4.78, 5) is 0. The van der Waals surface area contributed by atoms with Crippen LogP contribution in [0, 0.1) is 0 Å². The van der Waals surface area contributed by atoms with E-state index in [1.165, 1.54) is 199 Å². The van der Waals surface area contributed by atoms with Gasteiger partial charge in [0, 0.05) is 6.42 Å². The molecule has 0 spiro atoms. The van der Waals surface area contributed by atoms with E-state index in [9.17, 15) is 0 Å². The summed E-state index contributed by atoms with van der Waals surface area (Å²) in [6.45, 7) is 9.36. The lowest BCUT2D eigenvalue weighted by molar-refractivity contribution is -0.704. The number of hydrogen-bond acceptors (Lipinski definition) is 0. The maximum atomic E-state index is 2.60. The van der Waals surface area contributed by atoms with Gasteiger partial charge >= 0.3 is 0 Å². The van der Waals surface area contributed by atoms with Crippen molar-refractivity contribution in [1.82, 2.24) is 4.57 Å². The van der Waals surface area contributed by atoms with Crippen LogP contribution in [0.5, 0.6) is 0 Å². The third kappa shape index (κ3) is 21.6.